The van der Waals surface area contributed by atoms with Gasteiger partial charge in [-0.1, -0.05) is 36.4 Å². The maximum atomic E-state index is 11.3. The predicted molar refractivity (Wildman–Crippen MR) is 100 cm³/mol. The number of hydrogen-bond donors (Lipinski definition) is 1. The Labute approximate surface area is 148 Å². The third-order valence-corrected chi connectivity index (χ3v) is 4.33. The standard InChI is InChI=1S/C21H24N2O2/c1-23(2)11-5-8-18-17-7-4-3-6-16(17)14-25-20-10-9-15(12-19(18)20)13-21(22)24/h3-4,6-10,12H,5,11,13-14H2,1-2H3,(H2,22,24). The Morgan fingerprint density at radius 1 is 1.20 bits per heavy atom. The number of ether oxygens (including phenoxy) is 1. The molecular formula is C21H24N2O2. The van der Waals surface area contributed by atoms with Crippen molar-refractivity contribution < 1.29 is 9.53 Å². The highest BCUT2D eigenvalue weighted by Gasteiger charge is 2.19. The van der Waals surface area contributed by atoms with Crippen molar-refractivity contribution >= 4 is 11.5 Å². The number of carbonyl (C=O) groups is 1. The van der Waals surface area contributed by atoms with E-state index in [0.29, 0.717) is 6.61 Å². The van der Waals surface area contributed by atoms with Gasteiger partial charge < -0.3 is 15.4 Å². The summed E-state index contributed by atoms with van der Waals surface area (Å²) in [6.07, 6.45) is 3.44. The summed E-state index contributed by atoms with van der Waals surface area (Å²) in [6.45, 7) is 1.52. The van der Waals surface area contributed by atoms with E-state index in [1.807, 2.05) is 24.3 Å². The molecule has 1 aliphatic rings. The van der Waals surface area contributed by atoms with Crippen molar-refractivity contribution in [2.24, 2.45) is 5.73 Å². The van der Waals surface area contributed by atoms with Crippen LogP contribution in [0.5, 0.6) is 5.75 Å². The van der Waals surface area contributed by atoms with Crippen LogP contribution in [0, 0.1) is 0 Å². The number of nitrogens with two attached hydrogens (primary N) is 1. The number of hydrogen-bond acceptors (Lipinski definition) is 3. The van der Waals surface area contributed by atoms with Gasteiger partial charge >= 0.3 is 0 Å². The van der Waals surface area contributed by atoms with Crippen molar-refractivity contribution in [3.8, 4) is 5.75 Å². The number of benzene rings is 2. The van der Waals surface area contributed by atoms with Gasteiger partial charge in [-0.05, 0) is 54.9 Å². The lowest BCUT2D eigenvalue weighted by molar-refractivity contribution is -0.117. The van der Waals surface area contributed by atoms with Gasteiger partial charge in [-0.3, -0.25) is 4.79 Å². The van der Waals surface area contributed by atoms with E-state index in [4.69, 9.17) is 10.5 Å². The molecule has 2 aromatic carbocycles. The Kier molecular flexibility index (Phi) is 5.19. The van der Waals surface area contributed by atoms with Gasteiger partial charge in [0.1, 0.15) is 12.4 Å². The molecule has 0 saturated carbocycles. The van der Waals surface area contributed by atoms with E-state index >= 15 is 0 Å². The van der Waals surface area contributed by atoms with Gasteiger partial charge in [0, 0.05) is 12.1 Å². The molecule has 2 N–H and O–H groups in total. The van der Waals surface area contributed by atoms with Crippen molar-refractivity contribution in [3.63, 3.8) is 0 Å². The average Bonchev–Trinajstić information content (AvgIpc) is 2.72. The second-order valence-electron chi connectivity index (χ2n) is 6.63. The first-order chi connectivity index (χ1) is 12.0. The fraction of sp³-hybridized carbons (Fsp3) is 0.286. The van der Waals surface area contributed by atoms with E-state index in [0.717, 1.165) is 35.4 Å². The van der Waals surface area contributed by atoms with Crippen LogP contribution in [0.4, 0.5) is 0 Å². The second-order valence-corrected chi connectivity index (χ2v) is 6.63. The topological polar surface area (TPSA) is 55.6 Å². The number of rotatable bonds is 5. The molecule has 1 amide bonds. The third-order valence-electron chi connectivity index (χ3n) is 4.33. The quantitative estimate of drug-likeness (QED) is 0.913. The van der Waals surface area contributed by atoms with E-state index in [-0.39, 0.29) is 12.3 Å². The molecule has 0 aliphatic carbocycles. The lowest BCUT2D eigenvalue weighted by Gasteiger charge is -2.13. The summed E-state index contributed by atoms with van der Waals surface area (Å²) in [6, 6.07) is 14.2. The molecule has 0 fully saturated rings. The van der Waals surface area contributed by atoms with E-state index in [1.54, 1.807) is 0 Å². The average molecular weight is 336 g/mol. The molecule has 4 nitrogen and oxygen atoms in total. The third kappa shape index (κ3) is 4.09. The van der Waals surface area contributed by atoms with E-state index in [2.05, 4.69) is 43.3 Å². The smallest absolute Gasteiger partial charge is 0.221 e. The van der Waals surface area contributed by atoms with Crippen LogP contribution in [0.25, 0.3) is 5.57 Å². The summed E-state index contributed by atoms with van der Waals surface area (Å²) in [5.74, 6) is 0.522. The largest absolute Gasteiger partial charge is 0.488 e. The fourth-order valence-corrected chi connectivity index (χ4v) is 3.12. The Morgan fingerprint density at radius 2 is 2.00 bits per heavy atom. The molecule has 0 aromatic heterocycles. The van der Waals surface area contributed by atoms with E-state index in [9.17, 15) is 4.79 Å². The van der Waals surface area contributed by atoms with Gasteiger partial charge in [0.25, 0.3) is 0 Å². The zero-order chi connectivity index (χ0) is 17.8. The Morgan fingerprint density at radius 3 is 2.76 bits per heavy atom. The number of fused-ring (bicyclic) bond motifs is 2. The van der Waals surface area contributed by atoms with Gasteiger partial charge in [-0.25, -0.2) is 0 Å². The molecule has 0 spiro atoms. The number of nitrogens with zero attached hydrogens (tertiary/aromatic N) is 1. The predicted octanol–water partition coefficient (Wildman–Crippen LogP) is 2.99. The SMILES string of the molecule is CN(C)CCC=C1c2ccccc2COc2ccc(CC(N)=O)cc21. The molecule has 2 aromatic rings. The van der Waals surface area contributed by atoms with Crippen LogP contribution < -0.4 is 10.5 Å². The molecule has 0 unspecified atom stereocenters. The van der Waals surface area contributed by atoms with Crippen molar-refractivity contribution in [3.05, 3.63) is 70.8 Å². The highest BCUT2D eigenvalue weighted by molar-refractivity contribution is 5.86. The minimum Gasteiger partial charge on any atom is -0.488 e. The molecule has 4 heteroatoms. The summed E-state index contributed by atoms with van der Waals surface area (Å²) < 4.78 is 6.03. The molecule has 0 radical (unpaired) electrons. The van der Waals surface area contributed by atoms with Crippen LogP contribution in [0.15, 0.2) is 48.5 Å². The van der Waals surface area contributed by atoms with Crippen LogP contribution in [0.2, 0.25) is 0 Å². The maximum Gasteiger partial charge on any atom is 0.221 e. The van der Waals surface area contributed by atoms with E-state index < -0.39 is 0 Å². The Bertz CT molecular complexity index is 809. The molecule has 3 rings (SSSR count). The molecule has 0 saturated heterocycles. The lowest BCUT2D eigenvalue weighted by atomic mass is 9.92. The summed E-state index contributed by atoms with van der Waals surface area (Å²) in [7, 11) is 4.14. The number of amides is 1. The molecule has 1 aliphatic heterocycles. The molecular weight excluding hydrogens is 312 g/mol. The zero-order valence-electron chi connectivity index (χ0n) is 14.8. The van der Waals surface area contributed by atoms with Crippen LogP contribution in [-0.4, -0.2) is 31.4 Å². The van der Waals surface area contributed by atoms with Gasteiger partial charge in [0.15, 0.2) is 0 Å². The van der Waals surface area contributed by atoms with Crippen molar-refractivity contribution in [2.45, 2.75) is 19.4 Å². The molecule has 1 heterocycles. The van der Waals surface area contributed by atoms with Crippen LogP contribution in [0.1, 0.15) is 28.7 Å². The van der Waals surface area contributed by atoms with Crippen molar-refractivity contribution in [1.82, 2.24) is 4.90 Å². The summed E-state index contributed by atoms with van der Waals surface area (Å²) in [4.78, 5) is 13.5. The first-order valence-corrected chi connectivity index (χ1v) is 8.52. The number of carbonyl (C=O) groups excluding carboxylic acids is 1. The second kappa shape index (κ2) is 7.53. The van der Waals surface area contributed by atoms with Gasteiger partial charge in [-0.2, -0.15) is 0 Å². The lowest BCUT2D eigenvalue weighted by Crippen LogP contribution is -2.13. The maximum absolute atomic E-state index is 11.3. The highest BCUT2D eigenvalue weighted by Crippen LogP contribution is 2.37. The Balaban J connectivity index is 2.08. The summed E-state index contributed by atoms with van der Waals surface area (Å²) >= 11 is 0. The number of primary amides is 1. The van der Waals surface area contributed by atoms with Crippen LogP contribution in [0.3, 0.4) is 0 Å². The molecule has 0 bridgehead atoms. The first-order valence-electron chi connectivity index (χ1n) is 8.52. The molecule has 25 heavy (non-hydrogen) atoms. The fourth-order valence-electron chi connectivity index (χ4n) is 3.12. The van der Waals surface area contributed by atoms with Crippen molar-refractivity contribution in [2.75, 3.05) is 20.6 Å². The van der Waals surface area contributed by atoms with Gasteiger partial charge in [-0.15, -0.1) is 0 Å². The molecule has 130 valence electrons. The summed E-state index contributed by atoms with van der Waals surface area (Å²) in [5, 5.41) is 0. The van der Waals surface area contributed by atoms with Crippen molar-refractivity contribution in [1.29, 1.82) is 0 Å². The van der Waals surface area contributed by atoms with Gasteiger partial charge in [0.05, 0.1) is 6.42 Å². The van der Waals surface area contributed by atoms with Crippen LogP contribution >= 0.6 is 0 Å². The minimum absolute atomic E-state index is 0.236. The summed E-state index contributed by atoms with van der Waals surface area (Å²) in [5.41, 5.74) is 10.8. The highest BCUT2D eigenvalue weighted by atomic mass is 16.5. The minimum atomic E-state index is -0.326. The zero-order valence-corrected chi connectivity index (χ0v) is 14.8. The first kappa shape index (κ1) is 17.2. The van der Waals surface area contributed by atoms with Crippen LogP contribution in [-0.2, 0) is 17.8 Å². The monoisotopic (exact) mass is 336 g/mol. The van der Waals surface area contributed by atoms with E-state index in [1.165, 1.54) is 11.1 Å². The van der Waals surface area contributed by atoms with Gasteiger partial charge in [0.2, 0.25) is 5.91 Å². The Hall–Kier alpha value is -2.59. The molecule has 0 atom stereocenters. The normalized spacial score (nSPS) is 14.6.